The third-order valence-corrected chi connectivity index (χ3v) is 5.64. The minimum atomic E-state index is -4.67. The molecule has 182 valence electrons. The number of benzene rings is 2. The van der Waals surface area contributed by atoms with Gasteiger partial charge in [-0.2, -0.15) is 13.2 Å². The molecule has 0 aliphatic carbocycles. The average Bonchev–Trinajstić information content (AvgIpc) is 3.12. The summed E-state index contributed by atoms with van der Waals surface area (Å²) < 4.78 is 46.4. The number of alkyl halides is 3. The van der Waals surface area contributed by atoms with Crippen LogP contribution in [0.15, 0.2) is 65.6 Å². The first-order valence-electron chi connectivity index (χ1n) is 10.9. The predicted molar refractivity (Wildman–Crippen MR) is 125 cm³/mol. The highest BCUT2D eigenvalue weighted by Crippen LogP contribution is 2.31. The number of halogens is 3. The van der Waals surface area contributed by atoms with E-state index in [9.17, 15) is 27.6 Å². The zero-order valence-electron chi connectivity index (χ0n) is 18.9. The molecule has 10 heteroatoms. The molecule has 0 saturated heterocycles. The number of para-hydroxylation sites is 1. The van der Waals surface area contributed by atoms with E-state index in [0.29, 0.717) is 22.5 Å². The fourth-order valence-corrected chi connectivity index (χ4v) is 3.97. The van der Waals surface area contributed by atoms with Crippen LogP contribution in [0.4, 0.5) is 18.9 Å². The quantitative estimate of drug-likeness (QED) is 0.406. The zero-order valence-corrected chi connectivity index (χ0v) is 18.9. The van der Waals surface area contributed by atoms with Crippen molar-refractivity contribution >= 4 is 39.4 Å². The van der Waals surface area contributed by atoms with Crippen molar-refractivity contribution in [3.63, 3.8) is 0 Å². The van der Waals surface area contributed by atoms with Crippen molar-refractivity contribution in [1.29, 1.82) is 0 Å². The molecular weight excluding hydrogens is 463 g/mol. The summed E-state index contributed by atoms with van der Waals surface area (Å²) in [4.78, 5) is 36.6. The normalized spacial score (nSPS) is 12.6. The van der Waals surface area contributed by atoms with Crippen LogP contribution in [-0.4, -0.2) is 27.1 Å². The molecule has 4 rings (SSSR count). The van der Waals surface area contributed by atoms with Gasteiger partial charge in [-0.3, -0.25) is 14.4 Å². The van der Waals surface area contributed by atoms with E-state index in [1.165, 1.54) is 6.92 Å². The Morgan fingerprint density at radius 1 is 1.03 bits per heavy atom. The highest BCUT2D eigenvalue weighted by molar-refractivity contribution is 6.10. The third kappa shape index (κ3) is 4.91. The molecule has 1 unspecified atom stereocenters. The maximum Gasteiger partial charge on any atom is 0.417 e. The smallest absolute Gasteiger partial charge is 0.417 e. The highest BCUT2D eigenvalue weighted by atomic mass is 19.4. The largest absolute Gasteiger partial charge is 0.451 e. The lowest BCUT2D eigenvalue weighted by molar-refractivity contribution is -0.154. The number of carbonyl (C=O) groups excluding carboxylic acids is 2. The Labute approximate surface area is 197 Å². The number of carbonyl (C=O) groups is 2. The number of amides is 1. The molecule has 0 bridgehead atoms. The SMILES string of the molecule is CCn1c2ccccc2c2cc(NC(=O)C(C)OC(=O)Cn3cc(C(F)(F)F)ccc3=O)ccc21. The molecule has 0 aliphatic rings. The molecule has 35 heavy (non-hydrogen) atoms. The van der Waals surface area contributed by atoms with E-state index in [0.717, 1.165) is 34.4 Å². The second kappa shape index (κ2) is 9.28. The van der Waals surface area contributed by atoms with Crippen LogP contribution in [0.5, 0.6) is 0 Å². The average molecular weight is 485 g/mol. The van der Waals surface area contributed by atoms with Gasteiger partial charge >= 0.3 is 12.1 Å². The lowest BCUT2D eigenvalue weighted by Crippen LogP contribution is -2.33. The van der Waals surface area contributed by atoms with E-state index < -0.39 is 41.8 Å². The van der Waals surface area contributed by atoms with Crippen LogP contribution in [0, 0.1) is 0 Å². The fraction of sp³-hybridized carbons (Fsp3) is 0.240. The number of aromatic nitrogens is 2. The third-order valence-electron chi connectivity index (χ3n) is 5.64. The van der Waals surface area contributed by atoms with Crippen molar-refractivity contribution in [2.24, 2.45) is 0 Å². The van der Waals surface area contributed by atoms with E-state index in [4.69, 9.17) is 4.74 Å². The van der Waals surface area contributed by atoms with E-state index in [1.807, 2.05) is 43.3 Å². The predicted octanol–water partition coefficient (Wildman–Crippen LogP) is 4.57. The van der Waals surface area contributed by atoms with Crippen LogP contribution in [0.1, 0.15) is 19.4 Å². The maximum atomic E-state index is 12.9. The lowest BCUT2D eigenvalue weighted by atomic mass is 10.1. The van der Waals surface area contributed by atoms with Gasteiger partial charge in [0.1, 0.15) is 6.54 Å². The number of hydrogen-bond acceptors (Lipinski definition) is 4. The molecular formula is C25H22F3N3O4. The molecule has 1 N–H and O–H groups in total. The molecule has 1 atom stereocenters. The Morgan fingerprint density at radius 2 is 1.74 bits per heavy atom. The number of esters is 1. The van der Waals surface area contributed by atoms with Crippen LogP contribution >= 0.6 is 0 Å². The first kappa shape index (κ1) is 24.1. The first-order chi connectivity index (χ1) is 16.6. The van der Waals surface area contributed by atoms with Gasteiger partial charge in [0.2, 0.25) is 0 Å². The molecule has 2 heterocycles. The summed E-state index contributed by atoms with van der Waals surface area (Å²) in [5.41, 5.74) is 0.707. The van der Waals surface area contributed by atoms with Gasteiger partial charge in [-0.1, -0.05) is 18.2 Å². The molecule has 1 amide bonds. The van der Waals surface area contributed by atoms with Gasteiger partial charge in [-0.25, -0.2) is 0 Å². The van der Waals surface area contributed by atoms with Gasteiger partial charge in [0.15, 0.2) is 6.10 Å². The number of pyridine rings is 1. The van der Waals surface area contributed by atoms with Crippen LogP contribution in [0.25, 0.3) is 21.8 Å². The first-order valence-corrected chi connectivity index (χ1v) is 10.9. The summed E-state index contributed by atoms with van der Waals surface area (Å²) in [5, 5.41) is 4.68. The second-order valence-corrected chi connectivity index (χ2v) is 8.00. The van der Waals surface area contributed by atoms with Crippen molar-refractivity contribution in [3.8, 4) is 0 Å². The molecule has 2 aromatic heterocycles. The van der Waals surface area contributed by atoms with Crippen molar-refractivity contribution in [2.75, 3.05) is 5.32 Å². The number of anilines is 1. The van der Waals surface area contributed by atoms with Crippen molar-refractivity contribution in [2.45, 2.75) is 39.2 Å². The van der Waals surface area contributed by atoms with Gasteiger partial charge in [-0.05, 0) is 44.2 Å². The monoisotopic (exact) mass is 485 g/mol. The molecule has 0 aliphatic heterocycles. The number of ether oxygens (including phenoxy) is 1. The van der Waals surface area contributed by atoms with Gasteiger partial charge < -0.3 is 19.2 Å². The van der Waals surface area contributed by atoms with Crippen LogP contribution in [0.2, 0.25) is 0 Å². The topological polar surface area (TPSA) is 82.3 Å². The Kier molecular flexibility index (Phi) is 6.38. The van der Waals surface area contributed by atoms with Crippen LogP contribution in [0.3, 0.4) is 0 Å². The van der Waals surface area contributed by atoms with Gasteiger partial charge in [-0.15, -0.1) is 0 Å². The number of nitrogens with one attached hydrogen (secondary N) is 1. The Balaban J connectivity index is 1.46. The number of hydrogen-bond donors (Lipinski definition) is 1. The Morgan fingerprint density at radius 3 is 2.46 bits per heavy atom. The lowest BCUT2D eigenvalue weighted by Gasteiger charge is -2.15. The van der Waals surface area contributed by atoms with Crippen LogP contribution < -0.4 is 10.9 Å². The Bertz CT molecular complexity index is 1490. The van der Waals surface area contributed by atoms with Gasteiger partial charge in [0.25, 0.3) is 11.5 Å². The number of nitrogens with zero attached hydrogens (tertiary/aromatic N) is 2. The summed E-state index contributed by atoms with van der Waals surface area (Å²) in [7, 11) is 0. The van der Waals surface area contributed by atoms with Gasteiger partial charge in [0.05, 0.1) is 5.56 Å². The van der Waals surface area contributed by atoms with Crippen LogP contribution in [-0.2, 0) is 33.6 Å². The van der Waals surface area contributed by atoms with E-state index in [1.54, 1.807) is 6.07 Å². The molecule has 0 fully saturated rings. The summed E-state index contributed by atoms with van der Waals surface area (Å²) in [5.74, 6) is -1.64. The maximum absolute atomic E-state index is 12.9. The van der Waals surface area contributed by atoms with E-state index in [2.05, 4.69) is 9.88 Å². The fourth-order valence-electron chi connectivity index (χ4n) is 3.97. The number of rotatable bonds is 6. The minimum Gasteiger partial charge on any atom is -0.451 e. The molecule has 0 saturated carbocycles. The summed E-state index contributed by atoms with van der Waals surface area (Å²) in [6.45, 7) is 3.40. The van der Waals surface area contributed by atoms with Crippen molar-refractivity contribution < 1.29 is 27.5 Å². The van der Waals surface area contributed by atoms with E-state index in [-0.39, 0.29) is 0 Å². The second-order valence-electron chi connectivity index (χ2n) is 8.00. The molecule has 0 spiro atoms. The van der Waals surface area contributed by atoms with E-state index >= 15 is 0 Å². The van der Waals surface area contributed by atoms with Crippen molar-refractivity contribution in [1.82, 2.24) is 9.13 Å². The minimum absolute atomic E-state index is 0.499. The molecule has 2 aromatic carbocycles. The standard InChI is InChI=1S/C25H22F3N3O4/c1-3-31-20-7-5-4-6-18(20)19-12-17(9-10-21(19)31)29-24(34)15(2)35-23(33)14-30-13-16(25(26,27)28)8-11-22(30)32/h4-13,15H,3,14H2,1-2H3,(H,29,34). The molecule has 7 nitrogen and oxygen atoms in total. The summed E-state index contributed by atoms with van der Waals surface area (Å²) in [6.07, 6.45) is -5.37. The zero-order chi connectivity index (χ0) is 25.3. The summed E-state index contributed by atoms with van der Waals surface area (Å²) >= 11 is 0. The highest BCUT2D eigenvalue weighted by Gasteiger charge is 2.31. The van der Waals surface area contributed by atoms with Gasteiger partial charge in [0, 0.05) is 46.3 Å². The van der Waals surface area contributed by atoms with Crippen molar-refractivity contribution in [3.05, 3.63) is 76.7 Å². The number of fused-ring (bicyclic) bond motifs is 3. The molecule has 0 radical (unpaired) electrons. The Hall–Kier alpha value is -4.08. The number of aryl methyl sites for hydroxylation is 1. The summed E-state index contributed by atoms with van der Waals surface area (Å²) in [6, 6.07) is 14.7. The molecule has 4 aromatic rings.